The fraction of sp³-hybridized carbons (Fsp3) is 0.286. The number of amides is 1. The molecule has 1 amide bonds. The lowest BCUT2D eigenvalue weighted by Crippen LogP contribution is -2.27. The van der Waals surface area contributed by atoms with Crippen LogP contribution in [0.1, 0.15) is 42.8 Å². The van der Waals surface area contributed by atoms with E-state index in [1.165, 1.54) is 17.7 Å². The maximum Gasteiger partial charge on any atom is 0.249 e. The Bertz CT molecular complexity index is 952. The van der Waals surface area contributed by atoms with Crippen molar-refractivity contribution in [2.75, 3.05) is 0 Å². The van der Waals surface area contributed by atoms with Gasteiger partial charge in [0, 0.05) is 18.5 Å². The number of carbonyl (C=O) groups is 1. The zero-order valence-electron chi connectivity index (χ0n) is 15.1. The van der Waals surface area contributed by atoms with E-state index in [0.717, 1.165) is 17.5 Å². The maximum atomic E-state index is 13.5. The summed E-state index contributed by atoms with van der Waals surface area (Å²) in [5, 5.41) is 4.08. The number of aryl methyl sites for hydroxylation is 1. The highest BCUT2D eigenvalue weighted by molar-refractivity contribution is 5.78. The minimum atomic E-state index is -0.314. The molecule has 138 valence electrons. The molecule has 27 heavy (non-hydrogen) atoms. The van der Waals surface area contributed by atoms with E-state index in [1.54, 1.807) is 17.0 Å². The lowest BCUT2D eigenvalue weighted by atomic mass is 10.1. The summed E-state index contributed by atoms with van der Waals surface area (Å²) in [5.74, 6) is 0.632. The summed E-state index contributed by atoms with van der Waals surface area (Å²) in [7, 11) is 0. The lowest BCUT2D eigenvalue weighted by molar-refractivity contribution is -0.130. The fourth-order valence-corrected chi connectivity index (χ4v) is 3.40. The third-order valence-corrected chi connectivity index (χ3v) is 4.92. The summed E-state index contributed by atoms with van der Waals surface area (Å²) >= 11 is 0. The van der Waals surface area contributed by atoms with Crippen LogP contribution in [0.3, 0.4) is 0 Å². The predicted octanol–water partition coefficient (Wildman–Crippen LogP) is 4.30. The van der Waals surface area contributed by atoms with Gasteiger partial charge in [0.25, 0.3) is 0 Å². The predicted molar refractivity (Wildman–Crippen MR) is 98.0 cm³/mol. The van der Waals surface area contributed by atoms with Crippen molar-refractivity contribution in [2.24, 2.45) is 0 Å². The molecule has 1 saturated heterocycles. The Hall–Kier alpha value is -3.02. The Morgan fingerprint density at radius 3 is 2.74 bits per heavy atom. The van der Waals surface area contributed by atoms with Crippen LogP contribution in [0.25, 0.3) is 11.4 Å². The largest absolute Gasteiger partial charge is 0.337 e. The van der Waals surface area contributed by atoms with Crippen LogP contribution in [-0.4, -0.2) is 20.9 Å². The second-order valence-electron chi connectivity index (χ2n) is 6.71. The van der Waals surface area contributed by atoms with E-state index in [1.807, 2.05) is 24.3 Å². The summed E-state index contributed by atoms with van der Waals surface area (Å²) in [4.78, 5) is 18.5. The van der Waals surface area contributed by atoms with Crippen molar-refractivity contribution in [3.8, 4) is 11.4 Å². The van der Waals surface area contributed by atoms with Crippen LogP contribution in [0.5, 0.6) is 0 Å². The summed E-state index contributed by atoms with van der Waals surface area (Å²) < 4.78 is 18.9. The zero-order valence-corrected chi connectivity index (χ0v) is 15.1. The molecule has 5 nitrogen and oxygen atoms in total. The first-order valence-corrected chi connectivity index (χ1v) is 9.11. The Labute approximate surface area is 156 Å². The molecular formula is C21H20FN3O2. The van der Waals surface area contributed by atoms with Crippen LogP contribution >= 0.6 is 0 Å². The number of halogens is 1. The van der Waals surface area contributed by atoms with Crippen molar-refractivity contribution in [3.63, 3.8) is 0 Å². The highest BCUT2D eigenvalue weighted by atomic mass is 19.1. The van der Waals surface area contributed by atoms with E-state index in [0.29, 0.717) is 31.1 Å². The van der Waals surface area contributed by atoms with Crippen LogP contribution in [0, 0.1) is 5.82 Å². The summed E-state index contributed by atoms with van der Waals surface area (Å²) in [5.41, 5.74) is 2.86. The van der Waals surface area contributed by atoms with Crippen LogP contribution in [0.4, 0.5) is 4.39 Å². The van der Waals surface area contributed by atoms with Gasteiger partial charge in [0.2, 0.25) is 17.6 Å². The van der Waals surface area contributed by atoms with Crippen molar-refractivity contribution in [2.45, 2.75) is 38.8 Å². The number of benzene rings is 2. The van der Waals surface area contributed by atoms with Gasteiger partial charge < -0.3 is 9.42 Å². The Kier molecular flexibility index (Phi) is 4.71. The number of hydrogen-bond donors (Lipinski definition) is 0. The van der Waals surface area contributed by atoms with E-state index in [4.69, 9.17) is 4.52 Å². The van der Waals surface area contributed by atoms with Crippen LogP contribution in [-0.2, 0) is 17.8 Å². The Balaban J connectivity index is 1.56. The van der Waals surface area contributed by atoms with Crippen molar-refractivity contribution < 1.29 is 13.7 Å². The third kappa shape index (κ3) is 3.60. The Morgan fingerprint density at radius 1 is 1.19 bits per heavy atom. The second-order valence-corrected chi connectivity index (χ2v) is 6.71. The van der Waals surface area contributed by atoms with Crippen molar-refractivity contribution in [1.29, 1.82) is 0 Å². The van der Waals surface area contributed by atoms with Gasteiger partial charge in [-0.2, -0.15) is 4.98 Å². The van der Waals surface area contributed by atoms with Crippen molar-refractivity contribution in [1.82, 2.24) is 15.0 Å². The minimum Gasteiger partial charge on any atom is -0.337 e. The van der Waals surface area contributed by atoms with Gasteiger partial charge in [-0.15, -0.1) is 0 Å². The van der Waals surface area contributed by atoms with E-state index < -0.39 is 0 Å². The zero-order chi connectivity index (χ0) is 18.8. The van der Waals surface area contributed by atoms with Crippen molar-refractivity contribution in [3.05, 3.63) is 71.4 Å². The molecule has 1 fully saturated rings. The van der Waals surface area contributed by atoms with Gasteiger partial charge in [0.05, 0.1) is 0 Å². The topological polar surface area (TPSA) is 59.2 Å². The maximum absolute atomic E-state index is 13.5. The van der Waals surface area contributed by atoms with Gasteiger partial charge in [-0.25, -0.2) is 4.39 Å². The highest BCUT2D eigenvalue weighted by Gasteiger charge is 2.36. The van der Waals surface area contributed by atoms with Gasteiger partial charge >= 0.3 is 0 Å². The molecule has 0 aliphatic carbocycles. The number of hydrogen-bond acceptors (Lipinski definition) is 4. The summed E-state index contributed by atoms with van der Waals surface area (Å²) in [6.45, 7) is 2.43. The number of carbonyl (C=O) groups excluding carboxylic acids is 1. The first-order valence-electron chi connectivity index (χ1n) is 9.11. The van der Waals surface area contributed by atoms with Gasteiger partial charge in [0.15, 0.2) is 0 Å². The normalized spacial score (nSPS) is 16.9. The molecule has 2 heterocycles. The fourth-order valence-electron chi connectivity index (χ4n) is 3.40. The van der Waals surface area contributed by atoms with Gasteiger partial charge in [-0.05, 0) is 36.1 Å². The molecular weight excluding hydrogens is 345 g/mol. The smallest absolute Gasteiger partial charge is 0.249 e. The molecule has 4 rings (SSSR count). The third-order valence-electron chi connectivity index (χ3n) is 4.92. The highest BCUT2D eigenvalue weighted by Crippen LogP contribution is 2.34. The molecule has 1 aromatic heterocycles. The van der Waals surface area contributed by atoms with E-state index in [9.17, 15) is 9.18 Å². The van der Waals surface area contributed by atoms with E-state index in [-0.39, 0.29) is 17.8 Å². The average Bonchev–Trinajstić information content (AvgIpc) is 3.30. The van der Waals surface area contributed by atoms with E-state index in [2.05, 4.69) is 17.1 Å². The minimum absolute atomic E-state index is 0.0105. The molecule has 2 aromatic carbocycles. The Morgan fingerprint density at radius 2 is 2.00 bits per heavy atom. The van der Waals surface area contributed by atoms with Crippen LogP contribution in [0.15, 0.2) is 53.1 Å². The number of likely N-dealkylation sites (tertiary alicyclic amines) is 1. The quantitative estimate of drug-likeness (QED) is 0.676. The van der Waals surface area contributed by atoms with Crippen LogP contribution < -0.4 is 0 Å². The number of nitrogens with zero attached hydrogens (tertiary/aromatic N) is 3. The first-order chi connectivity index (χ1) is 13.1. The van der Waals surface area contributed by atoms with Gasteiger partial charge in [0.1, 0.15) is 11.9 Å². The van der Waals surface area contributed by atoms with Crippen molar-refractivity contribution >= 4 is 5.91 Å². The van der Waals surface area contributed by atoms with Gasteiger partial charge in [-0.1, -0.05) is 48.5 Å². The summed E-state index contributed by atoms with van der Waals surface area (Å²) in [6.07, 6.45) is 2.00. The van der Waals surface area contributed by atoms with Crippen LogP contribution in [0.2, 0.25) is 0 Å². The first kappa shape index (κ1) is 17.4. The standard InChI is InChI=1S/C21H20FN3O2/c1-2-14-6-8-16(9-7-14)20-23-21(27-24-20)18-10-11-19(26)25(18)13-15-4-3-5-17(22)12-15/h3-9,12,18H,2,10-11,13H2,1H3. The molecule has 1 unspecified atom stereocenters. The summed E-state index contributed by atoms with van der Waals surface area (Å²) in [6, 6.07) is 14.0. The van der Waals surface area contributed by atoms with Gasteiger partial charge in [-0.3, -0.25) is 4.79 Å². The molecule has 1 aliphatic rings. The average molecular weight is 365 g/mol. The molecule has 0 bridgehead atoms. The number of aromatic nitrogens is 2. The SMILES string of the molecule is CCc1ccc(-c2noc(C3CCC(=O)N3Cc3cccc(F)c3)n2)cc1. The molecule has 1 atom stereocenters. The second kappa shape index (κ2) is 7.31. The molecule has 0 spiro atoms. The number of rotatable bonds is 5. The molecule has 3 aromatic rings. The molecule has 1 aliphatic heterocycles. The molecule has 0 radical (unpaired) electrons. The lowest BCUT2D eigenvalue weighted by Gasteiger charge is -2.22. The molecule has 6 heteroatoms. The monoisotopic (exact) mass is 365 g/mol. The molecule has 0 N–H and O–H groups in total. The van der Waals surface area contributed by atoms with E-state index >= 15 is 0 Å². The molecule has 0 saturated carbocycles.